The van der Waals surface area contributed by atoms with Gasteiger partial charge in [0.15, 0.2) is 0 Å². The Morgan fingerprint density at radius 1 is 0.871 bits per heavy atom. The van der Waals surface area contributed by atoms with Crippen LogP contribution in [0.15, 0.2) is 91.3 Å². The van der Waals surface area contributed by atoms with Gasteiger partial charge < -0.3 is 10.1 Å². The molecule has 0 bridgehead atoms. The van der Waals surface area contributed by atoms with Crippen molar-refractivity contribution in [3.63, 3.8) is 0 Å². The predicted molar refractivity (Wildman–Crippen MR) is 115 cm³/mol. The molecule has 155 valence electrons. The van der Waals surface area contributed by atoms with Crippen molar-refractivity contribution in [3.05, 3.63) is 109 Å². The number of aromatic carboxylic acids is 1. The summed E-state index contributed by atoms with van der Waals surface area (Å²) in [6.45, 7) is 0. The fourth-order valence-electron chi connectivity index (χ4n) is 3.10. The smallest absolute Gasteiger partial charge is 0.354 e. The number of carboxylic acids is 1. The van der Waals surface area contributed by atoms with E-state index in [4.69, 9.17) is 5.11 Å². The van der Waals surface area contributed by atoms with Crippen LogP contribution < -0.4 is 0 Å². The van der Waals surface area contributed by atoms with Crippen molar-refractivity contribution >= 4 is 27.5 Å². The summed E-state index contributed by atoms with van der Waals surface area (Å²) in [5.74, 6) is -1.28. The molecular formula is C25H16FIrN2O2-. The largest absolute Gasteiger partial charge is 0.477 e. The van der Waals surface area contributed by atoms with Gasteiger partial charge in [-0.1, -0.05) is 48.5 Å². The van der Waals surface area contributed by atoms with E-state index in [1.165, 1.54) is 35.2 Å². The monoisotopic (exact) mass is 588 g/mol. The van der Waals surface area contributed by atoms with Gasteiger partial charge in [-0.2, -0.15) is 0 Å². The molecule has 4 nitrogen and oxygen atoms in total. The van der Waals surface area contributed by atoms with E-state index in [1.54, 1.807) is 18.2 Å². The van der Waals surface area contributed by atoms with Gasteiger partial charge in [-0.05, 0) is 39.4 Å². The van der Waals surface area contributed by atoms with Gasteiger partial charge >= 0.3 is 5.97 Å². The molecule has 1 N–H and O–H groups in total. The number of carboxylic acid groups (broad SMARTS) is 1. The maximum absolute atomic E-state index is 13.0. The fourth-order valence-corrected chi connectivity index (χ4v) is 3.10. The van der Waals surface area contributed by atoms with Crippen LogP contribution in [0.3, 0.4) is 0 Å². The second kappa shape index (κ2) is 10.0. The summed E-state index contributed by atoms with van der Waals surface area (Å²) >= 11 is 0. The van der Waals surface area contributed by atoms with Gasteiger partial charge in [-0.25, -0.2) is 9.78 Å². The van der Waals surface area contributed by atoms with Gasteiger partial charge in [0.2, 0.25) is 0 Å². The van der Waals surface area contributed by atoms with E-state index in [0.29, 0.717) is 0 Å². The summed E-state index contributed by atoms with van der Waals surface area (Å²) in [5, 5.41) is 13.0. The number of nitrogens with zero attached hydrogens (tertiary/aromatic N) is 2. The first-order valence-electron chi connectivity index (χ1n) is 9.21. The summed E-state index contributed by atoms with van der Waals surface area (Å²) in [7, 11) is 0. The zero-order valence-corrected chi connectivity index (χ0v) is 18.5. The number of carbonyl (C=O) groups is 1. The van der Waals surface area contributed by atoms with E-state index < -0.39 is 5.97 Å². The Morgan fingerprint density at radius 2 is 1.65 bits per heavy atom. The number of benzene rings is 3. The molecule has 5 aromatic rings. The van der Waals surface area contributed by atoms with E-state index in [9.17, 15) is 9.18 Å². The Kier molecular flexibility index (Phi) is 7.19. The van der Waals surface area contributed by atoms with Gasteiger partial charge in [0.1, 0.15) is 5.69 Å². The number of pyridine rings is 2. The third-order valence-corrected chi connectivity index (χ3v) is 4.56. The normalized spacial score (nSPS) is 10.1. The van der Waals surface area contributed by atoms with Crippen LogP contribution in [-0.4, -0.2) is 21.0 Å². The Balaban J connectivity index is 0.000000232. The maximum Gasteiger partial charge on any atom is 0.354 e. The quantitative estimate of drug-likeness (QED) is 0.210. The zero-order chi connectivity index (χ0) is 20.9. The van der Waals surface area contributed by atoms with Crippen molar-refractivity contribution < 1.29 is 34.4 Å². The van der Waals surface area contributed by atoms with Gasteiger partial charge in [0, 0.05) is 38.3 Å². The minimum Gasteiger partial charge on any atom is -0.477 e. The van der Waals surface area contributed by atoms with E-state index in [2.05, 4.69) is 40.3 Å². The van der Waals surface area contributed by atoms with Gasteiger partial charge in [0.25, 0.3) is 0 Å². The van der Waals surface area contributed by atoms with Crippen LogP contribution in [0.25, 0.3) is 32.8 Å². The molecule has 1 radical (unpaired) electrons. The van der Waals surface area contributed by atoms with Gasteiger partial charge in [-0.15, -0.1) is 29.8 Å². The molecule has 5 rings (SSSR count). The Bertz CT molecular complexity index is 1330. The molecule has 0 aliphatic rings. The minimum absolute atomic E-state index is 0. The first-order chi connectivity index (χ1) is 14.6. The van der Waals surface area contributed by atoms with Crippen LogP contribution >= 0.6 is 0 Å². The van der Waals surface area contributed by atoms with Crippen molar-refractivity contribution in [3.8, 4) is 11.3 Å². The zero-order valence-electron chi connectivity index (χ0n) is 16.1. The van der Waals surface area contributed by atoms with E-state index >= 15 is 0 Å². The minimum atomic E-state index is -0.990. The molecule has 0 saturated carbocycles. The Labute approximate surface area is 191 Å². The first kappa shape index (κ1) is 22.2. The molecule has 0 spiro atoms. The molecule has 0 amide bonds. The Morgan fingerprint density at radius 3 is 2.32 bits per heavy atom. The van der Waals surface area contributed by atoms with Crippen molar-refractivity contribution in [2.45, 2.75) is 0 Å². The Hall–Kier alpha value is -3.47. The average molecular weight is 588 g/mol. The van der Waals surface area contributed by atoms with Crippen molar-refractivity contribution in [2.24, 2.45) is 0 Å². The number of fused-ring (bicyclic) bond motifs is 3. The molecule has 2 aromatic heterocycles. The molecule has 0 saturated heterocycles. The summed E-state index contributed by atoms with van der Waals surface area (Å²) in [6.07, 6.45) is 3.30. The van der Waals surface area contributed by atoms with Crippen LogP contribution in [-0.2, 0) is 20.1 Å². The maximum atomic E-state index is 13.0. The molecule has 3 aromatic carbocycles. The second-order valence-corrected chi connectivity index (χ2v) is 6.52. The first-order valence-corrected chi connectivity index (χ1v) is 9.21. The van der Waals surface area contributed by atoms with Gasteiger partial charge in [0.05, 0.1) is 0 Å². The molecule has 0 atom stereocenters. The molecule has 0 fully saturated rings. The summed E-state index contributed by atoms with van der Waals surface area (Å²) in [5.41, 5.74) is 1.68. The SMILES string of the molecule is Fc1c[c-]c(-c2cc3c(ccc4ccccc43)cn2)cc1.O=C(O)c1ccccn1.[Ir]. The summed E-state index contributed by atoms with van der Waals surface area (Å²) in [4.78, 5) is 18.2. The van der Waals surface area contributed by atoms with Crippen LogP contribution in [0.4, 0.5) is 4.39 Å². The number of aromatic nitrogens is 2. The predicted octanol–water partition coefficient (Wildman–Crippen LogP) is 5.77. The van der Waals surface area contributed by atoms with Gasteiger partial charge in [-0.3, -0.25) is 4.39 Å². The van der Waals surface area contributed by atoms with Crippen molar-refractivity contribution in [1.29, 1.82) is 0 Å². The summed E-state index contributed by atoms with van der Waals surface area (Å²) in [6, 6.07) is 26.6. The number of halogens is 1. The van der Waals surface area contributed by atoms with E-state index in [1.807, 2.05) is 24.4 Å². The topological polar surface area (TPSA) is 63.1 Å². The molecule has 0 aliphatic carbocycles. The third-order valence-electron chi connectivity index (χ3n) is 4.56. The number of rotatable bonds is 2. The average Bonchev–Trinajstić information content (AvgIpc) is 2.80. The second-order valence-electron chi connectivity index (χ2n) is 6.52. The van der Waals surface area contributed by atoms with E-state index in [0.717, 1.165) is 22.0 Å². The molecule has 6 heteroatoms. The standard InChI is InChI=1S/C19H11FN.C6H5NO2.Ir/c20-16-9-7-14(8-10-16)19-11-18-15(12-21-19)6-5-13-3-1-2-4-17(13)18;8-6(9)5-3-1-2-4-7-5;/h1-7,9-12H;1-4H,(H,8,9);/q-1;;. The van der Waals surface area contributed by atoms with E-state index in [-0.39, 0.29) is 31.6 Å². The van der Waals surface area contributed by atoms with Crippen LogP contribution in [0.5, 0.6) is 0 Å². The van der Waals surface area contributed by atoms with Crippen LogP contribution in [0, 0.1) is 11.9 Å². The fraction of sp³-hybridized carbons (Fsp3) is 0. The van der Waals surface area contributed by atoms with Crippen molar-refractivity contribution in [1.82, 2.24) is 9.97 Å². The molecule has 31 heavy (non-hydrogen) atoms. The number of hydrogen-bond acceptors (Lipinski definition) is 3. The van der Waals surface area contributed by atoms with Crippen LogP contribution in [0.2, 0.25) is 0 Å². The third kappa shape index (κ3) is 5.18. The molecule has 2 heterocycles. The molecule has 0 aliphatic heterocycles. The van der Waals surface area contributed by atoms with Crippen LogP contribution in [0.1, 0.15) is 10.5 Å². The summed E-state index contributed by atoms with van der Waals surface area (Å²) < 4.78 is 13.0. The number of hydrogen-bond donors (Lipinski definition) is 1. The molecule has 0 unspecified atom stereocenters. The molecular weight excluding hydrogens is 572 g/mol. The van der Waals surface area contributed by atoms with Crippen molar-refractivity contribution in [2.75, 3.05) is 0 Å².